The number of nitrogens with two attached hydrogens (primary N) is 1. The van der Waals surface area contributed by atoms with Gasteiger partial charge in [0.05, 0.1) is 0 Å². The number of ether oxygens (including phenoxy) is 1. The van der Waals surface area contributed by atoms with Crippen LogP contribution in [0.5, 0.6) is 5.75 Å². The fourth-order valence-electron chi connectivity index (χ4n) is 2.59. The van der Waals surface area contributed by atoms with Crippen LogP contribution in [0, 0.1) is 0 Å². The quantitative estimate of drug-likeness (QED) is 0.867. The van der Waals surface area contributed by atoms with Crippen molar-refractivity contribution >= 4 is 22.9 Å². The Morgan fingerprint density at radius 1 is 1.36 bits per heavy atom. The van der Waals surface area contributed by atoms with Gasteiger partial charge in [-0.3, -0.25) is 9.59 Å². The molecule has 0 bridgehead atoms. The van der Waals surface area contributed by atoms with E-state index in [4.69, 9.17) is 14.9 Å². The second-order valence-electron chi connectivity index (χ2n) is 5.35. The van der Waals surface area contributed by atoms with Gasteiger partial charge in [0.2, 0.25) is 0 Å². The number of primary amides is 1. The number of benzene rings is 1. The highest BCUT2D eigenvalue weighted by atomic mass is 16.5. The Morgan fingerprint density at radius 2 is 2.14 bits per heavy atom. The fraction of sp³-hybridized carbons (Fsp3) is 0.400. The third-order valence-electron chi connectivity index (χ3n) is 3.66. The summed E-state index contributed by atoms with van der Waals surface area (Å²) in [6.07, 6.45) is 4.40. The maximum Gasteiger partial charge on any atom is 0.304 e. The molecular formula is C15H17N3O4. The van der Waals surface area contributed by atoms with Crippen LogP contribution >= 0.6 is 0 Å². The lowest BCUT2D eigenvalue weighted by Gasteiger charge is -2.12. The van der Waals surface area contributed by atoms with E-state index in [1.807, 2.05) is 0 Å². The summed E-state index contributed by atoms with van der Waals surface area (Å²) in [4.78, 5) is 26.8. The van der Waals surface area contributed by atoms with Crippen molar-refractivity contribution < 1.29 is 18.7 Å². The van der Waals surface area contributed by atoms with Gasteiger partial charge in [-0.25, -0.2) is 4.98 Å². The normalized spacial score (nSPS) is 15.1. The van der Waals surface area contributed by atoms with Crippen LogP contribution in [0.1, 0.15) is 36.4 Å². The van der Waals surface area contributed by atoms with Crippen LogP contribution in [-0.4, -0.2) is 29.4 Å². The number of fused-ring (bicyclic) bond motifs is 1. The zero-order valence-corrected chi connectivity index (χ0v) is 12.0. The molecule has 2 amide bonds. The zero-order chi connectivity index (χ0) is 15.5. The molecule has 1 fully saturated rings. The summed E-state index contributed by atoms with van der Waals surface area (Å²) in [7, 11) is 0. The summed E-state index contributed by atoms with van der Waals surface area (Å²) in [6.45, 7) is -0.0530. The van der Waals surface area contributed by atoms with Crippen molar-refractivity contribution in [2.75, 3.05) is 6.61 Å². The lowest BCUT2D eigenvalue weighted by atomic mass is 10.2. The van der Waals surface area contributed by atoms with Crippen LogP contribution in [0.3, 0.4) is 0 Å². The molecule has 1 aliphatic rings. The third-order valence-corrected chi connectivity index (χ3v) is 3.66. The number of carbonyl (C=O) groups excluding carboxylic acids is 2. The molecule has 1 aliphatic carbocycles. The Hall–Kier alpha value is -2.57. The van der Waals surface area contributed by atoms with Crippen molar-refractivity contribution in [2.45, 2.75) is 31.7 Å². The maximum absolute atomic E-state index is 11.8. The van der Waals surface area contributed by atoms with Gasteiger partial charge in [0.15, 0.2) is 12.2 Å². The number of rotatable bonds is 5. The standard InChI is InChI=1S/C15H17N3O4/c16-14(20)15-18-11-7-10(5-6-12(11)22-15)21-8-13(19)17-9-3-1-2-4-9/h5-7,9H,1-4,8H2,(H2,16,20)(H,17,19). The van der Waals surface area contributed by atoms with E-state index < -0.39 is 5.91 Å². The van der Waals surface area contributed by atoms with Gasteiger partial charge in [0.25, 0.3) is 11.8 Å². The molecule has 0 unspecified atom stereocenters. The smallest absolute Gasteiger partial charge is 0.304 e. The minimum absolute atomic E-state index is 0.0530. The van der Waals surface area contributed by atoms with E-state index in [0.29, 0.717) is 16.8 Å². The Labute approximate surface area is 126 Å². The van der Waals surface area contributed by atoms with Gasteiger partial charge < -0.3 is 20.2 Å². The molecule has 0 aliphatic heterocycles. The molecule has 7 heteroatoms. The number of amides is 2. The molecule has 2 aromatic rings. The third kappa shape index (κ3) is 3.19. The van der Waals surface area contributed by atoms with Crippen LogP contribution in [0.4, 0.5) is 0 Å². The minimum Gasteiger partial charge on any atom is -0.484 e. The molecule has 1 heterocycles. The van der Waals surface area contributed by atoms with Crippen LogP contribution in [0.2, 0.25) is 0 Å². The summed E-state index contributed by atoms with van der Waals surface area (Å²) in [5.74, 6) is -0.524. The predicted octanol–water partition coefficient (Wildman–Crippen LogP) is 1.36. The SMILES string of the molecule is NC(=O)c1nc2cc(OCC(=O)NC3CCCC3)ccc2o1. The van der Waals surface area contributed by atoms with Crippen molar-refractivity contribution in [3.8, 4) is 5.75 Å². The molecule has 1 aromatic carbocycles. The van der Waals surface area contributed by atoms with Crippen LogP contribution in [-0.2, 0) is 4.79 Å². The van der Waals surface area contributed by atoms with Gasteiger partial charge in [-0.2, -0.15) is 0 Å². The van der Waals surface area contributed by atoms with Gasteiger partial charge in [0.1, 0.15) is 11.3 Å². The van der Waals surface area contributed by atoms with Gasteiger partial charge in [-0.05, 0) is 25.0 Å². The van der Waals surface area contributed by atoms with Crippen LogP contribution in [0.15, 0.2) is 22.6 Å². The number of nitrogens with zero attached hydrogens (tertiary/aromatic N) is 1. The van der Waals surface area contributed by atoms with Crippen molar-refractivity contribution in [1.82, 2.24) is 10.3 Å². The number of aromatic nitrogens is 1. The number of oxazole rings is 1. The molecule has 1 saturated carbocycles. The first-order valence-electron chi connectivity index (χ1n) is 7.24. The van der Waals surface area contributed by atoms with E-state index in [-0.39, 0.29) is 24.4 Å². The molecule has 1 aromatic heterocycles. The molecule has 116 valence electrons. The lowest BCUT2D eigenvalue weighted by Crippen LogP contribution is -2.36. The van der Waals surface area contributed by atoms with E-state index in [1.54, 1.807) is 18.2 Å². The van der Waals surface area contributed by atoms with Crippen molar-refractivity contribution in [3.05, 3.63) is 24.1 Å². The van der Waals surface area contributed by atoms with Crippen LogP contribution < -0.4 is 15.8 Å². The molecule has 0 radical (unpaired) electrons. The molecule has 7 nitrogen and oxygen atoms in total. The van der Waals surface area contributed by atoms with Crippen molar-refractivity contribution in [2.24, 2.45) is 5.73 Å². The maximum atomic E-state index is 11.8. The highest BCUT2D eigenvalue weighted by Gasteiger charge is 2.17. The zero-order valence-electron chi connectivity index (χ0n) is 12.0. The first-order valence-corrected chi connectivity index (χ1v) is 7.24. The summed E-state index contributed by atoms with van der Waals surface area (Å²) in [6, 6.07) is 5.15. The van der Waals surface area contributed by atoms with Gasteiger partial charge >= 0.3 is 5.91 Å². The summed E-state index contributed by atoms with van der Waals surface area (Å²) in [5, 5.41) is 2.95. The number of hydrogen-bond acceptors (Lipinski definition) is 5. The Morgan fingerprint density at radius 3 is 2.86 bits per heavy atom. The topological polar surface area (TPSA) is 107 Å². The predicted molar refractivity (Wildman–Crippen MR) is 78.4 cm³/mol. The molecule has 0 saturated heterocycles. The fourth-order valence-corrected chi connectivity index (χ4v) is 2.59. The van der Waals surface area contributed by atoms with E-state index in [0.717, 1.165) is 25.7 Å². The lowest BCUT2D eigenvalue weighted by molar-refractivity contribution is -0.123. The molecule has 22 heavy (non-hydrogen) atoms. The largest absolute Gasteiger partial charge is 0.484 e. The first kappa shape index (κ1) is 14.4. The average Bonchev–Trinajstić information content (AvgIpc) is 3.13. The minimum atomic E-state index is -0.727. The highest BCUT2D eigenvalue weighted by Crippen LogP contribution is 2.21. The van der Waals surface area contributed by atoms with E-state index >= 15 is 0 Å². The Kier molecular flexibility index (Phi) is 3.95. The van der Waals surface area contributed by atoms with Crippen molar-refractivity contribution in [1.29, 1.82) is 0 Å². The molecular weight excluding hydrogens is 286 g/mol. The summed E-state index contributed by atoms with van der Waals surface area (Å²) < 4.78 is 10.6. The molecule has 0 atom stereocenters. The first-order chi connectivity index (χ1) is 10.6. The van der Waals surface area contributed by atoms with Crippen LogP contribution in [0.25, 0.3) is 11.1 Å². The summed E-state index contributed by atoms with van der Waals surface area (Å²) in [5.41, 5.74) is 6.01. The Balaban J connectivity index is 1.61. The van der Waals surface area contributed by atoms with E-state index in [9.17, 15) is 9.59 Å². The average molecular weight is 303 g/mol. The molecule has 0 spiro atoms. The van der Waals surface area contributed by atoms with Gasteiger partial charge in [-0.1, -0.05) is 12.8 Å². The number of carbonyl (C=O) groups is 2. The second-order valence-corrected chi connectivity index (χ2v) is 5.35. The highest BCUT2D eigenvalue weighted by molar-refractivity contribution is 5.91. The number of hydrogen-bond donors (Lipinski definition) is 2. The summed E-state index contributed by atoms with van der Waals surface area (Å²) >= 11 is 0. The van der Waals surface area contributed by atoms with Crippen molar-refractivity contribution in [3.63, 3.8) is 0 Å². The number of nitrogens with one attached hydrogen (secondary N) is 1. The Bertz CT molecular complexity index is 704. The van der Waals surface area contributed by atoms with E-state index in [2.05, 4.69) is 10.3 Å². The van der Waals surface area contributed by atoms with Gasteiger partial charge in [0, 0.05) is 12.1 Å². The monoisotopic (exact) mass is 303 g/mol. The second kappa shape index (κ2) is 6.05. The van der Waals surface area contributed by atoms with Gasteiger partial charge in [-0.15, -0.1) is 0 Å². The molecule has 3 rings (SSSR count). The van der Waals surface area contributed by atoms with E-state index in [1.165, 1.54) is 0 Å². The molecule has 3 N–H and O–H groups in total.